The molecule has 0 bridgehead atoms. The second kappa shape index (κ2) is 9.79. The maximum absolute atomic E-state index is 13.5. The second-order valence-corrected chi connectivity index (χ2v) is 8.53. The van der Waals surface area contributed by atoms with Gasteiger partial charge in [-0.2, -0.15) is 5.10 Å². The molecule has 0 spiro atoms. The van der Waals surface area contributed by atoms with Gasteiger partial charge < -0.3 is 10.1 Å². The molecule has 1 aromatic heterocycles. The molecule has 1 atom stereocenters. The van der Waals surface area contributed by atoms with Gasteiger partial charge in [-0.25, -0.2) is 8.78 Å². The van der Waals surface area contributed by atoms with E-state index in [1.165, 1.54) is 18.2 Å². The maximum atomic E-state index is 13.5. The monoisotopic (exact) mass is 504 g/mol. The first kappa shape index (κ1) is 22.4. The average Bonchev–Trinajstić information content (AvgIpc) is 3.33. The van der Waals surface area contributed by atoms with Gasteiger partial charge in [0.1, 0.15) is 24.3 Å². The Morgan fingerprint density at radius 1 is 1.31 bits per heavy atom. The van der Waals surface area contributed by atoms with E-state index in [9.17, 15) is 13.6 Å². The molecule has 0 aliphatic carbocycles. The van der Waals surface area contributed by atoms with Gasteiger partial charge in [0.15, 0.2) is 0 Å². The normalized spacial score (nSPS) is 16.3. The minimum absolute atomic E-state index is 0.227. The van der Waals surface area contributed by atoms with Crippen LogP contribution in [0.2, 0.25) is 0 Å². The molecule has 0 saturated carbocycles. The minimum atomic E-state index is -0.767. The number of aromatic nitrogens is 2. The van der Waals surface area contributed by atoms with Gasteiger partial charge in [0, 0.05) is 43.5 Å². The quantitative estimate of drug-likeness (QED) is 0.508. The van der Waals surface area contributed by atoms with Crippen LogP contribution < -0.4 is 10.1 Å². The van der Waals surface area contributed by atoms with Crippen molar-refractivity contribution in [2.24, 2.45) is 7.05 Å². The molecule has 9 heteroatoms. The number of carbonyl (C=O) groups excluding carboxylic acids is 1. The molecule has 1 saturated heterocycles. The van der Waals surface area contributed by atoms with Gasteiger partial charge in [-0.15, -0.1) is 0 Å². The number of nitrogens with one attached hydrogen (secondary N) is 1. The molecule has 1 aliphatic rings. The van der Waals surface area contributed by atoms with Crippen molar-refractivity contribution >= 4 is 27.5 Å². The highest BCUT2D eigenvalue weighted by atomic mass is 79.9. The van der Waals surface area contributed by atoms with E-state index < -0.39 is 17.9 Å². The zero-order valence-electron chi connectivity index (χ0n) is 17.5. The predicted molar refractivity (Wildman–Crippen MR) is 122 cm³/mol. The van der Waals surface area contributed by atoms with Crippen LogP contribution in [-0.2, 0) is 7.05 Å². The lowest BCUT2D eigenvalue weighted by Gasteiger charge is -2.18. The summed E-state index contributed by atoms with van der Waals surface area (Å²) in [6.07, 6.45) is 1.48. The number of amides is 1. The topological polar surface area (TPSA) is 59.4 Å². The molecule has 32 heavy (non-hydrogen) atoms. The smallest absolute Gasteiger partial charge is 0.255 e. The van der Waals surface area contributed by atoms with Crippen molar-refractivity contribution in [1.82, 2.24) is 14.7 Å². The van der Waals surface area contributed by atoms with Crippen LogP contribution in [-0.4, -0.2) is 53.0 Å². The SMILES string of the molecule is Cn1ncc(Br)c1-c1cc(NC(=O)c2cccc(F)c2)ccc1OCCN1CCC(F)C1. The Morgan fingerprint density at radius 3 is 2.84 bits per heavy atom. The van der Waals surface area contributed by atoms with E-state index in [0.717, 1.165) is 22.3 Å². The molecular formula is C23H23BrF2N4O2. The molecule has 1 unspecified atom stereocenters. The third-order valence-electron chi connectivity index (χ3n) is 5.35. The summed E-state index contributed by atoms with van der Waals surface area (Å²) in [4.78, 5) is 14.6. The van der Waals surface area contributed by atoms with Crippen LogP contribution in [0.4, 0.5) is 14.5 Å². The molecule has 1 aliphatic heterocycles. The van der Waals surface area contributed by atoms with Crippen molar-refractivity contribution in [1.29, 1.82) is 0 Å². The third-order valence-corrected chi connectivity index (χ3v) is 5.93. The van der Waals surface area contributed by atoms with E-state index in [1.54, 1.807) is 35.1 Å². The van der Waals surface area contributed by atoms with Gasteiger partial charge in [0.2, 0.25) is 0 Å². The fraction of sp³-hybridized carbons (Fsp3) is 0.304. The molecule has 1 fully saturated rings. The molecule has 168 valence electrons. The highest BCUT2D eigenvalue weighted by Gasteiger charge is 2.22. The summed E-state index contributed by atoms with van der Waals surface area (Å²) in [6, 6.07) is 10.8. The lowest BCUT2D eigenvalue weighted by atomic mass is 10.1. The van der Waals surface area contributed by atoms with Crippen LogP contribution in [0, 0.1) is 5.82 Å². The summed E-state index contributed by atoms with van der Waals surface area (Å²) in [5.41, 5.74) is 2.28. The average molecular weight is 505 g/mol. The number of aryl methyl sites for hydroxylation is 1. The summed E-state index contributed by atoms with van der Waals surface area (Å²) in [6.45, 7) is 2.21. The lowest BCUT2D eigenvalue weighted by molar-refractivity contribution is 0.102. The van der Waals surface area contributed by atoms with Crippen molar-refractivity contribution in [2.75, 3.05) is 31.6 Å². The number of benzene rings is 2. The van der Waals surface area contributed by atoms with Crippen LogP contribution >= 0.6 is 15.9 Å². The van der Waals surface area contributed by atoms with Gasteiger partial charge >= 0.3 is 0 Å². The Balaban J connectivity index is 1.55. The van der Waals surface area contributed by atoms with Gasteiger partial charge in [-0.1, -0.05) is 6.07 Å². The van der Waals surface area contributed by atoms with E-state index >= 15 is 0 Å². The highest BCUT2D eigenvalue weighted by Crippen LogP contribution is 2.37. The van der Waals surface area contributed by atoms with Crippen molar-refractivity contribution < 1.29 is 18.3 Å². The molecule has 3 aromatic rings. The predicted octanol–water partition coefficient (Wildman–Crippen LogP) is 4.66. The van der Waals surface area contributed by atoms with Gasteiger partial charge in [0.25, 0.3) is 5.91 Å². The van der Waals surface area contributed by atoms with Gasteiger partial charge in [-0.3, -0.25) is 14.4 Å². The second-order valence-electron chi connectivity index (χ2n) is 7.68. The summed E-state index contributed by atoms with van der Waals surface area (Å²) in [5, 5.41) is 7.07. The largest absolute Gasteiger partial charge is 0.492 e. The van der Waals surface area contributed by atoms with Gasteiger partial charge in [-0.05, 0) is 58.7 Å². The Bertz CT molecular complexity index is 1100. The van der Waals surface area contributed by atoms with Crippen LogP contribution in [0.25, 0.3) is 11.3 Å². The fourth-order valence-corrected chi connectivity index (χ4v) is 4.30. The molecule has 2 aromatic carbocycles. The first-order valence-corrected chi connectivity index (χ1v) is 11.1. The number of anilines is 1. The van der Waals surface area contributed by atoms with Crippen LogP contribution in [0.5, 0.6) is 5.75 Å². The number of hydrogen-bond acceptors (Lipinski definition) is 4. The highest BCUT2D eigenvalue weighted by molar-refractivity contribution is 9.10. The molecule has 0 radical (unpaired) electrons. The fourth-order valence-electron chi connectivity index (χ4n) is 3.74. The standard InChI is InChI=1S/C23H23BrF2N4O2/c1-29-22(20(24)13-27-29)19-12-18(28-23(31)15-3-2-4-16(25)11-15)5-6-21(19)32-10-9-30-8-7-17(26)14-30/h2-6,11-13,17H,7-10,14H2,1H3,(H,28,31). The van der Waals surface area contributed by atoms with E-state index in [1.807, 2.05) is 11.9 Å². The van der Waals surface area contributed by atoms with Crippen molar-refractivity contribution in [3.63, 3.8) is 0 Å². The zero-order chi connectivity index (χ0) is 22.7. The molecule has 1 amide bonds. The van der Waals surface area contributed by atoms with E-state index in [2.05, 4.69) is 26.3 Å². The van der Waals surface area contributed by atoms with E-state index in [-0.39, 0.29) is 5.56 Å². The van der Waals surface area contributed by atoms with Gasteiger partial charge in [0.05, 0.1) is 16.4 Å². The molecule has 6 nitrogen and oxygen atoms in total. The van der Waals surface area contributed by atoms with Crippen molar-refractivity contribution in [3.05, 3.63) is 64.5 Å². The number of hydrogen-bond donors (Lipinski definition) is 1. The van der Waals surface area contributed by atoms with Crippen LogP contribution in [0.15, 0.2) is 53.1 Å². The number of ether oxygens (including phenoxy) is 1. The van der Waals surface area contributed by atoms with E-state index in [4.69, 9.17) is 4.74 Å². The van der Waals surface area contributed by atoms with Crippen LogP contribution in [0.1, 0.15) is 16.8 Å². The summed E-state index contributed by atoms with van der Waals surface area (Å²) in [7, 11) is 1.81. The molecule has 4 rings (SSSR count). The number of halogens is 3. The van der Waals surface area contributed by atoms with E-state index in [0.29, 0.717) is 37.6 Å². The third kappa shape index (κ3) is 5.16. The first-order chi connectivity index (χ1) is 15.4. The molecule has 2 heterocycles. The van der Waals surface area contributed by atoms with Crippen molar-refractivity contribution in [2.45, 2.75) is 12.6 Å². The Kier molecular flexibility index (Phi) is 6.86. The Labute approximate surface area is 193 Å². The number of rotatable bonds is 7. The molecule has 1 N–H and O–H groups in total. The Morgan fingerprint density at radius 2 is 2.16 bits per heavy atom. The number of nitrogens with zero attached hydrogens (tertiary/aromatic N) is 3. The summed E-state index contributed by atoms with van der Waals surface area (Å²) < 4.78 is 35.4. The number of likely N-dealkylation sites (tertiary alicyclic amines) is 1. The lowest BCUT2D eigenvalue weighted by Crippen LogP contribution is -2.26. The zero-order valence-corrected chi connectivity index (χ0v) is 19.1. The summed E-state index contributed by atoms with van der Waals surface area (Å²) >= 11 is 3.52. The summed E-state index contributed by atoms with van der Waals surface area (Å²) in [5.74, 6) is -0.268. The number of carbonyl (C=O) groups is 1. The van der Waals surface area contributed by atoms with Crippen LogP contribution in [0.3, 0.4) is 0 Å². The molecular weight excluding hydrogens is 482 g/mol. The Hall–Kier alpha value is -2.78. The number of alkyl halides is 1. The maximum Gasteiger partial charge on any atom is 0.255 e. The minimum Gasteiger partial charge on any atom is -0.492 e. The van der Waals surface area contributed by atoms with Crippen molar-refractivity contribution in [3.8, 4) is 17.0 Å². The first-order valence-electron chi connectivity index (χ1n) is 10.3.